The number of pyridine rings is 1. The Morgan fingerprint density at radius 3 is 2.78 bits per heavy atom. The molecule has 18 heavy (non-hydrogen) atoms. The number of aliphatic hydroxyl groups is 1. The van der Waals surface area contributed by atoms with Crippen LogP contribution in [0.15, 0.2) is 12.3 Å². The molecule has 100 valence electrons. The highest BCUT2D eigenvalue weighted by atomic mass is 16.3. The fourth-order valence-electron chi connectivity index (χ4n) is 2.75. The summed E-state index contributed by atoms with van der Waals surface area (Å²) in [4.78, 5) is 6.62. The Morgan fingerprint density at radius 2 is 2.11 bits per heavy atom. The van der Waals surface area contributed by atoms with Gasteiger partial charge in [-0.05, 0) is 31.4 Å². The summed E-state index contributed by atoms with van der Waals surface area (Å²) in [5.74, 6) is 0.843. The van der Waals surface area contributed by atoms with Gasteiger partial charge < -0.3 is 15.7 Å². The Hall–Kier alpha value is -1.29. The molecule has 1 aliphatic rings. The van der Waals surface area contributed by atoms with Crippen LogP contribution < -0.4 is 10.6 Å². The highest BCUT2D eigenvalue weighted by molar-refractivity contribution is 5.66. The Balaban J connectivity index is 2.25. The van der Waals surface area contributed by atoms with Crippen molar-refractivity contribution in [2.24, 2.45) is 0 Å². The van der Waals surface area contributed by atoms with Gasteiger partial charge in [-0.3, -0.25) is 0 Å². The first-order chi connectivity index (χ1) is 8.74. The number of aromatic nitrogens is 1. The number of aliphatic hydroxyl groups excluding tert-OH is 1. The van der Waals surface area contributed by atoms with Crippen LogP contribution in [0.4, 0.5) is 11.5 Å². The summed E-state index contributed by atoms with van der Waals surface area (Å²) < 4.78 is 0. The van der Waals surface area contributed by atoms with E-state index in [1.54, 1.807) is 6.20 Å². The van der Waals surface area contributed by atoms with E-state index in [1.807, 2.05) is 13.0 Å². The zero-order valence-corrected chi connectivity index (χ0v) is 11.1. The molecule has 0 atom stereocenters. The van der Waals surface area contributed by atoms with Gasteiger partial charge in [-0.1, -0.05) is 19.3 Å². The minimum absolute atomic E-state index is 0.144. The van der Waals surface area contributed by atoms with Gasteiger partial charge in [0.1, 0.15) is 0 Å². The first-order valence-electron chi connectivity index (χ1n) is 6.82. The van der Waals surface area contributed by atoms with Crippen molar-refractivity contribution in [3.63, 3.8) is 0 Å². The number of nitrogen functional groups attached to an aromatic ring is 1. The second kappa shape index (κ2) is 6.05. The highest BCUT2D eigenvalue weighted by Gasteiger charge is 2.23. The number of hydrogen-bond donors (Lipinski definition) is 2. The van der Waals surface area contributed by atoms with Crippen LogP contribution in [0.5, 0.6) is 0 Å². The monoisotopic (exact) mass is 249 g/mol. The fourth-order valence-corrected chi connectivity index (χ4v) is 2.75. The minimum Gasteiger partial charge on any atom is -0.396 e. The van der Waals surface area contributed by atoms with Gasteiger partial charge in [-0.2, -0.15) is 0 Å². The number of hydrogen-bond acceptors (Lipinski definition) is 4. The van der Waals surface area contributed by atoms with E-state index in [9.17, 15) is 5.11 Å². The molecule has 1 aliphatic carbocycles. The van der Waals surface area contributed by atoms with Gasteiger partial charge in [0.05, 0.1) is 12.3 Å². The van der Waals surface area contributed by atoms with Crippen molar-refractivity contribution in [3.05, 3.63) is 17.8 Å². The van der Waals surface area contributed by atoms with E-state index in [4.69, 9.17) is 5.73 Å². The van der Waals surface area contributed by atoms with Gasteiger partial charge >= 0.3 is 0 Å². The molecule has 4 nitrogen and oxygen atoms in total. The standard InChI is InChI=1S/C14H23N3O/c1-11-7-8-16-14(13(11)15)17(9-10-18)12-5-3-2-4-6-12/h7-8,12,18H,2-6,9-10,15H2,1H3. The molecule has 1 aromatic heterocycles. The van der Waals surface area contributed by atoms with Crippen molar-refractivity contribution in [2.45, 2.75) is 45.1 Å². The number of aryl methyl sites for hydroxylation is 1. The molecule has 1 aromatic rings. The molecule has 1 saturated carbocycles. The van der Waals surface area contributed by atoms with E-state index >= 15 is 0 Å². The van der Waals surface area contributed by atoms with Crippen LogP contribution in [0.2, 0.25) is 0 Å². The largest absolute Gasteiger partial charge is 0.396 e. The third kappa shape index (κ3) is 2.75. The van der Waals surface area contributed by atoms with Gasteiger partial charge in [0.25, 0.3) is 0 Å². The second-order valence-corrected chi connectivity index (χ2v) is 5.07. The summed E-state index contributed by atoms with van der Waals surface area (Å²) in [5, 5.41) is 9.28. The van der Waals surface area contributed by atoms with Crippen LogP contribution in [0.1, 0.15) is 37.7 Å². The highest BCUT2D eigenvalue weighted by Crippen LogP contribution is 2.30. The van der Waals surface area contributed by atoms with Crippen LogP contribution in [0, 0.1) is 6.92 Å². The molecule has 4 heteroatoms. The van der Waals surface area contributed by atoms with Crippen molar-refractivity contribution in [2.75, 3.05) is 23.8 Å². The van der Waals surface area contributed by atoms with Crippen molar-refractivity contribution >= 4 is 11.5 Å². The summed E-state index contributed by atoms with van der Waals surface area (Å²) in [6.45, 7) is 2.76. The molecule has 0 radical (unpaired) electrons. The Bertz CT molecular complexity index is 389. The predicted molar refractivity (Wildman–Crippen MR) is 74.7 cm³/mol. The first kappa shape index (κ1) is 13.1. The van der Waals surface area contributed by atoms with Crippen LogP contribution >= 0.6 is 0 Å². The average molecular weight is 249 g/mol. The molecular weight excluding hydrogens is 226 g/mol. The van der Waals surface area contributed by atoms with E-state index in [0.29, 0.717) is 12.6 Å². The van der Waals surface area contributed by atoms with Gasteiger partial charge in [0.2, 0.25) is 0 Å². The van der Waals surface area contributed by atoms with Crippen LogP contribution in [0.25, 0.3) is 0 Å². The SMILES string of the molecule is Cc1ccnc(N(CCO)C2CCCCC2)c1N. The lowest BCUT2D eigenvalue weighted by Gasteiger charge is -2.35. The normalized spacial score (nSPS) is 16.8. The summed E-state index contributed by atoms with van der Waals surface area (Å²) in [6.07, 6.45) is 8.00. The smallest absolute Gasteiger partial charge is 0.152 e. The Labute approximate surface area is 109 Å². The molecule has 3 N–H and O–H groups in total. The van der Waals surface area contributed by atoms with E-state index in [2.05, 4.69) is 9.88 Å². The van der Waals surface area contributed by atoms with E-state index in [1.165, 1.54) is 32.1 Å². The van der Waals surface area contributed by atoms with Crippen molar-refractivity contribution < 1.29 is 5.11 Å². The summed E-state index contributed by atoms with van der Waals surface area (Å²) >= 11 is 0. The molecule has 2 rings (SSSR count). The zero-order valence-electron chi connectivity index (χ0n) is 11.1. The lowest BCUT2D eigenvalue weighted by Crippen LogP contribution is -2.39. The van der Waals surface area contributed by atoms with E-state index < -0.39 is 0 Å². The fraction of sp³-hybridized carbons (Fsp3) is 0.643. The maximum Gasteiger partial charge on any atom is 0.152 e. The maximum atomic E-state index is 9.28. The molecule has 1 heterocycles. The number of rotatable bonds is 4. The zero-order chi connectivity index (χ0) is 13.0. The molecule has 1 fully saturated rings. The predicted octanol–water partition coefficient (Wildman–Crippen LogP) is 2.10. The summed E-state index contributed by atoms with van der Waals surface area (Å²) in [6, 6.07) is 2.40. The minimum atomic E-state index is 0.144. The van der Waals surface area contributed by atoms with Crippen molar-refractivity contribution in [1.29, 1.82) is 0 Å². The van der Waals surface area contributed by atoms with E-state index in [0.717, 1.165) is 17.1 Å². The molecule has 0 aliphatic heterocycles. The van der Waals surface area contributed by atoms with Crippen molar-refractivity contribution in [3.8, 4) is 0 Å². The van der Waals surface area contributed by atoms with Crippen molar-refractivity contribution in [1.82, 2.24) is 4.98 Å². The summed E-state index contributed by atoms with van der Waals surface area (Å²) in [7, 11) is 0. The van der Waals surface area contributed by atoms with Crippen LogP contribution in [-0.4, -0.2) is 29.3 Å². The third-order valence-corrected chi connectivity index (χ3v) is 3.82. The number of nitrogens with zero attached hydrogens (tertiary/aromatic N) is 2. The Kier molecular flexibility index (Phi) is 4.42. The van der Waals surface area contributed by atoms with Gasteiger partial charge in [-0.15, -0.1) is 0 Å². The molecule has 0 aromatic carbocycles. The Morgan fingerprint density at radius 1 is 1.39 bits per heavy atom. The lowest BCUT2D eigenvalue weighted by atomic mass is 9.94. The summed E-state index contributed by atoms with van der Waals surface area (Å²) in [5.41, 5.74) is 7.94. The van der Waals surface area contributed by atoms with Crippen LogP contribution in [0.3, 0.4) is 0 Å². The third-order valence-electron chi connectivity index (χ3n) is 3.82. The van der Waals surface area contributed by atoms with Gasteiger partial charge in [-0.25, -0.2) is 4.98 Å². The molecule has 0 amide bonds. The lowest BCUT2D eigenvalue weighted by molar-refractivity contribution is 0.289. The second-order valence-electron chi connectivity index (χ2n) is 5.07. The molecule has 0 bridgehead atoms. The topological polar surface area (TPSA) is 62.4 Å². The van der Waals surface area contributed by atoms with Gasteiger partial charge in [0, 0.05) is 18.8 Å². The average Bonchev–Trinajstić information content (AvgIpc) is 2.41. The number of anilines is 2. The van der Waals surface area contributed by atoms with Gasteiger partial charge in [0.15, 0.2) is 5.82 Å². The molecule has 0 unspecified atom stereocenters. The van der Waals surface area contributed by atoms with Crippen LogP contribution in [-0.2, 0) is 0 Å². The number of nitrogens with two attached hydrogens (primary N) is 1. The molecular formula is C14H23N3O. The quantitative estimate of drug-likeness (QED) is 0.858. The first-order valence-corrected chi connectivity index (χ1v) is 6.82. The van der Waals surface area contributed by atoms with E-state index in [-0.39, 0.29) is 6.61 Å². The molecule has 0 spiro atoms. The maximum absolute atomic E-state index is 9.28. The molecule has 0 saturated heterocycles.